The van der Waals surface area contributed by atoms with Crippen molar-refractivity contribution in [1.29, 1.82) is 0 Å². The fraction of sp³-hybridized carbons (Fsp3) is 0.800. The number of carboxylic acids is 1. The minimum atomic E-state index is -1.02. The quantitative estimate of drug-likeness (QED) is 0.631. The van der Waals surface area contributed by atoms with E-state index in [1.54, 1.807) is 6.92 Å². The molecule has 3 N–H and O–H groups in total. The van der Waals surface area contributed by atoms with Crippen LogP contribution in [0.5, 0.6) is 0 Å². The van der Waals surface area contributed by atoms with Crippen LogP contribution in [0.3, 0.4) is 0 Å². The van der Waals surface area contributed by atoms with E-state index >= 15 is 0 Å². The Labute approximate surface area is 148 Å². The first-order valence-corrected chi connectivity index (χ1v) is 9.41. The van der Waals surface area contributed by atoms with Crippen LogP contribution < -0.4 is 0 Å². The van der Waals surface area contributed by atoms with Crippen LogP contribution in [-0.4, -0.2) is 39.3 Å². The third-order valence-corrected chi connectivity index (χ3v) is 8.32. The molecule has 138 valence electrons. The normalized spacial score (nSPS) is 54.8. The molecule has 5 heteroatoms. The number of fused-ring (bicyclic) bond motifs is 3. The Balaban J connectivity index is 1.88. The van der Waals surface area contributed by atoms with Crippen LogP contribution in [0.25, 0.3) is 0 Å². The summed E-state index contributed by atoms with van der Waals surface area (Å²) in [6, 6.07) is 0. The molecule has 0 heterocycles. The number of aliphatic hydroxyl groups excluding tert-OH is 2. The Morgan fingerprint density at radius 1 is 1.12 bits per heavy atom. The average Bonchev–Trinajstić information content (AvgIpc) is 2.67. The minimum Gasteiger partial charge on any atom is -0.481 e. The molecule has 0 aromatic carbocycles. The van der Waals surface area contributed by atoms with Gasteiger partial charge in [0, 0.05) is 17.3 Å². The number of allylic oxidation sites excluding steroid dienone is 1. The first-order valence-electron chi connectivity index (χ1n) is 9.41. The van der Waals surface area contributed by atoms with Crippen LogP contribution in [0.1, 0.15) is 52.4 Å². The number of hydrogen-bond acceptors (Lipinski definition) is 4. The van der Waals surface area contributed by atoms with Crippen LogP contribution in [0, 0.1) is 34.0 Å². The lowest BCUT2D eigenvalue weighted by atomic mass is 9.39. The van der Waals surface area contributed by atoms with E-state index in [2.05, 4.69) is 6.58 Å². The summed E-state index contributed by atoms with van der Waals surface area (Å²) < 4.78 is 0. The van der Waals surface area contributed by atoms with Gasteiger partial charge in [-0.15, -0.1) is 0 Å². The van der Waals surface area contributed by atoms with E-state index in [1.165, 1.54) is 0 Å². The van der Waals surface area contributed by atoms with Crippen LogP contribution in [0.15, 0.2) is 12.2 Å². The predicted molar refractivity (Wildman–Crippen MR) is 90.6 cm³/mol. The van der Waals surface area contributed by atoms with E-state index in [-0.39, 0.29) is 24.0 Å². The van der Waals surface area contributed by atoms with E-state index in [0.717, 1.165) is 12.8 Å². The highest BCUT2D eigenvalue weighted by atomic mass is 16.4. The van der Waals surface area contributed by atoms with E-state index in [4.69, 9.17) is 0 Å². The maximum atomic E-state index is 13.1. The molecule has 5 nitrogen and oxygen atoms in total. The molecule has 0 saturated heterocycles. The molecule has 8 atom stereocenters. The Hall–Kier alpha value is -1.20. The van der Waals surface area contributed by atoms with Gasteiger partial charge in [0.1, 0.15) is 0 Å². The molecule has 25 heavy (non-hydrogen) atoms. The SMILES string of the molecule is C=C1C(=O)C23CC1CC(O)C2C1(C)CCCC(C)(C(=O)O)C1C(O)C3. The highest BCUT2D eigenvalue weighted by Crippen LogP contribution is 2.71. The van der Waals surface area contributed by atoms with Gasteiger partial charge in [-0.1, -0.05) is 19.9 Å². The topological polar surface area (TPSA) is 94.8 Å². The molecule has 8 unspecified atom stereocenters. The lowest BCUT2D eigenvalue weighted by molar-refractivity contribution is -0.228. The van der Waals surface area contributed by atoms with Gasteiger partial charge in [-0.05, 0) is 55.9 Å². The first kappa shape index (κ1) is 17.2. The fourth-order valence-corrected chi connectivity index (χ4v) is 7.64. The zero-order valence-electron chi connectivity index (χ0n) is 15.0. The monoisotopic (exact) mass is 348 g/mol. The summed E-state index contributed by atoms with van der Waals surface area (Å²) in [7, 11) is 0. The van der Waals surface area contributed by atoms with Gasteiger partial charge < -0.3 is 15.3 Å². The van der Waals surface area contributed by atoms with E-state index in [1.807, 2.05) is 6.92 Å². The molecular formula is C20H28O5. The summed E-state index contributed by atoms with van der Waals surface area (Å²) >= 11 is 0. The van der Waals surface area contributed by atoms with Crippen molar-refractivity contribution in [2.75, 3.05) is 0 Å². The molecule has 0 amide bonds. The Morgan fingerprint density at radius 3 is 2.44 bits per heavy atom. The number of aliphatic carboxylic acids is 1. The molecule has 4 saturated carbocycles. The van der Waals surface area contributed by atoms with E-state index < -0.39 is 40.3 Å². The summed E-state index contributed by atoms with van der Waals surface area (Å²) in [4.78, 5) is 25.2. The first-order chi connectivity index (χ1) is 11.6. The van der Waals surface area contributed by atoms with Gasteiger partial charge in [-0.2, -0.15) is 0 Å². The van der Waals surface area contributed by atoms with Gasteiger partial charge in [0.25, 0.3) is 0 Å². The molecule has 0 aromatic rings. The summed E-state index contributed by atoms with van der Waals surface area (Å²) in [5.41, 5.74) is -1.76. The molecule has 0 aliphatic heterocycles. The number of carboxylic acid groups (broad SMARTS) is 1. The number of rotatable bonds is 1. The van der Waals surface area contributed by atoms with Gasteiger partial charge in [-0.3, -0.25) is 9.59 Å². The van der Waals surface area contributed by atoms with E-state index in [9.17, 15) is 24.9 Å². The van der Waals surface area contributed by atoms with Crippen molar-refractivity contribution >= 4 is 11.8 Å². The molecule has 4 aliphatic rings. The molecule has 4 aliphatic carbocycles. The highest BCUT2D eigenvalue weighted by molar-refractivity contribution is 6.03. The zero-order valence-corrected chi connectivity index (χ0v) is 15.0. The smallest absolute Gasteiger partial charge is 0.309 e. The van der Waals surface area contributed by atoms with Gasteiger partial charge >= 0.3 is 5.97 Å². The lowest BCUT2D eigenvalue weighted by Crippen LogP contribution is -2.67. The van der Waals surface area contributed by atoms with E-state index in [0.29, 0.717) is 24.8 Å². The molecule has 4 rings (SSSR count). The maximum Gasteiger partial charge on any atom is 0.309 e. The van der Waals surface area contributed by atoms with Crippen molar-refractivity contribution in [3.8, 4) is 0 Å². The second-order valence-electron chi connectivity index (χ2n) is 9.52. The second kappa shape index (κ2) is 4.95. The fourth-order valence-electron chi connectivity index (χ4n) is 7.64. The molecular weight excluding hydrogens is 320 g/mol. The molecule has 2 bridgehead atoms. The predicted octanol–water partition coefficient (Wildman–Crippen LogP) is 2.16. The molecule has 0 aromatic heterocycles. The second-order valence-corrected chi connectivity index (χ2v) is 9.52. The molecule has 1 spiro atoms. The largest absolute Gasteiger partial charge is 0.481 e. The number of Topliss-reactive ketones (excluding diaryl/α,β-unsaturated/α-hetero) is 1. The number of carbonyl (C=O) groups excluding carboxylic acids is 1. The third-order valence-electron chi connectivity index (χ3n) is 8.32. The summed E-state index contributed by atoms with van der Waals surface area (Å²) in [5.74, 6) is -1.63. The highest BCUT2D eigenvalue weighted by Gasteiger charge is 2.72. The van der Waals surface area contributed by atoms with Crippen molar-refractivity contribution in [3.05, 3.63) is 12.2 Å². The standard InChI is InChI=1S/C20H28O5/c1-10-11-7-12(21)15-18(2)5-4-6-19(3,17(24)25)14(18)13(22)9-20(15,8-11)16(10)23/h11-15,21-22H,1,4-9H2,2-3H3,(H,24,25). The van der Waals surface area contributed by atoms with Crippen molar-refractivity contribution in [3.63, 3.8) is 0 Å². The lowest BCUT2D eigenvalue weighted by Gasteiger charge is -2.64. The minimum absolute atomic E-state index is 0.000349. The Bertz CT molecular complexity index is 671. The zero-order chi connectivity index (χ0) is 18.4. The van der Waals surface area contributed by atoms with Gasteiger partial charge in [0.15, 0.2) is 5.78 Å². The van der Waals surface area contributed by atoms with Crippen LogP contribution >= 0.6 is 0 Å². The summed E-state index contributed by atoms with van der Waals surface area (Å²) in [6.45, 7) is 7.70. The van der Waals surface area contributed by atoms with Gasteiger partial charge in [-0.25, -0.2) is 0 Å². The van der Waals surface area contributed by atoms with Gasteiger partial charge in [0.05, 0.1) is 17.6 Å². The van der Waals surface area contributed by atoms with Crippen LogP contribution in [0.4, 0.5) is 0 Å². The number of hydrogen-bond donors (Lipinski definition) is 3. The Morgan fingerprint density at radius 2 is 1.80 bits per heavy atom. The number of ketones is 1. The van der Waals surface area contributed by atoms with Gasteiger partial charge in [0.2, 0.25) is 0 Å². The van der Waals surface area contributed by atoms with Crippen molar-refractivity contribution in [2.45, 2.75) is 64.6 Å². The van der Waals surface area contributed by atoms with Crippen molar-refractivity contribution < 1.29 is 24.9 Å². The van der Waals surface area contributed by atoms with Crippen molar-refractivity contribution in [1.82, 2.24) is 0 Å². The number of aliphatic hydroxyl groups is 2. The van der Waals surface area contributed by atoms with Crippen LogP contribution in [0.2, 0.25) is 0 Å². The molecule has 4 fully saturated rings. The molecule has 0 radical (unpaired) electrons. The number of carbonyl (C=O) groups is 2. The summed E-state index contributed by atoms with van der Waals surface area (Å²) in [5, 5.41) is 32.0. The Kier molecular flexibility index (Phi) is 3.41. The third kappa shape index (κ3) is 1.86. The van der Waals surface area contributed by atoms with Crippen LogP contribution in [-0.2, 0) is 9.59 Å². The summed E-state index contributed by atoms with van der Waals surface area (Å²) in [6.07, 6.45) is 1.95. The van der Waals surface area contributed by atoms with Crippen molar-refractivity contribution in [2.24, 2.45) is 34.0 Å². The average molecular weight is 348 g/mol. The maximum absolute atomic E-state index is 13.1.